The van der Waals surface area contributed by atoms with E-state index >= 15 is 0 Å². The van der Waals surface area contributed by atoms with Crippen LogP contribution >= 0.6 is 0 Å². The van der Waals surface area contributed by atoms with Gasteiger partial charge in [-0.15, -0.1) is 0 Å². The third kappa shape index (κ3) is 5.78. The molecule has 0 spiro atoms. The van der Waals surface area contributed by atoms with Crippen molar-refractivity contribution in [3.8, 4) is 67.8 Å². The highest BCUT2D eigenvalue weighted by Gasteiger charge is 2.18. The van der Waals surface area contributed by atoms with Crippen molar-refractivity contribution in [3.05, 3.63) is 181 Å². The molecule has 10 aromatic rings. The number of hydrogen-bond acceptors (Lipinski definition) is 4. The molecule has 0 aliphatic heterocycles. The fourth-order valence-electron chi connectivity index (χ4n) is 7.79. The SMILES string of the molecule is CC.N#Cc1cc(-c2ccc(-c3cccc(-c4cccc5c4oc4ccccc45)c3)cc2)c(C#N)c(-c2cccc(-c3cccc4c3oc3ccccc34)c2)c1. The third-order valence-corrected chi connectivity index (χ3v) is 10.4. The number of hydrogen-bond donors (Lipinski definition) is 0. The van der Waals surface area contributed by atoms with Gasteiger partial charge in [0.05, 0.1) is 17.2 Å². The lowest BCUT2D eigenvalue weighted by atomic mass is 9.88. The summed E-state index contributed by atoms with van der Waals surface area (Å²) in [7, 11) is 0. The van der Waals surface area contributed by atoms with Crippen LogP contribution in [0.5, 0.6) is 0 Å². The number of para-hydroxylation sites is 4. The smallest absolute Gasteiger partial charge is 0.143 e. The zero-order valence-electron chi connectivity index (χ0n) is 30.9. The molecule has 4 nitrogen and oxygen atoms in total. The van der Waals surface area contributed by atoms with Crippen molar-refractivity contribution in [3.63, 3.8) is 0 Å². The molecule has 0 aliphatic rings. The normalized spacial score (nSPS) is 11.0. The maximum absolute atomic E-state index is 10.6. The quantitative estimate of drug-likeness (QED) is 0.178. The number of rotatable bonds is 5. The van der Waals surface area contributed by atoms with Crippen molar-refractivity contribution < 1.29 is 8.83 Å². The first-order chi connectivity index (χ1) is 27.7. The number of fused-ring (bicyclic) bond motifs is 6. The lowest BCUT2D eigenvalue weighted by Gasteiger charge is -2.13. The van der Waals surface area contributed by atoms with Crippen molar-refractivity contribution in [1.82, 2.24) is 0 Å². The van der Waals surface area contributed by atoms with E-state index in [1.54, 1.807) is 0 Å². The average molecular weight is 719 g/mol. The Labute approximate surface area is 324 Å². The summed E-state index contributed by atoms with van der Waals surface area (Å²) in [6, 6.07) is 61.9. The van der Waals surface area contributed by atoms with Gasteiger partial charge in [-0.25, -0.2) is 0 Å². The van der Waals surface area contributed by atoms with Crippen molar-refractivity contribution >= 4 is 43.9 Å². The Morgan fingerprint density at radius 1 is 0.357 bits per heavy atom. The minimum atomic E-state index is 0.486. The van der Waals surface area contributed by atoms with Crippen molar-refractivity contribution in [1.29, 1.82) is 10.5 Å². The molecule has 0 bridgehead atoms. The summed E-state index contributed by atoms with van der Waals surface area (Å²) in [6.07, 6.45) is 0. The molecule has 0 N–H and O–H groups in total. The molecule has 264 valence electrons. The van der Waals surface area contributed by atoms with Gasteiger partial charge in [-0.2, -0.15) is 10.5 Å². The minimum Gasteiger partial charge on any atom is -0.455 e. The van der Waals surface area contributed by atoms with Crippen LogP contribution < -0.4 is 0 Å². The van der Waals surface area contributed by atoms with Gasteiger partial charge in [-0.1, -0.05) is 147 Å². The van der Waals surface area contributed by atoms with Crippen LogP contribution in [0.1, 0.15) is 25.0 Å². The summed E-state index contributed by atoms with van der Waals surface area (Å²) in [5.74, 6) is 0. The predicted octanol–water partition coefficient (Wildman–Crippen LogP) is 14.6. The van der Waals surface area contributed by atoms with Crippen LogP contribution in [0.2, 0.25) is 0 Å². The summed E-state index contributed by atoms with van der Waals surface area (Å²) >= 11 is 0. The monoisotopic (exact) mass is 718 g/mol. The van der Waals surface area contributed by atoms with Crippen molar-refractivity contribution in [2.24, 2.45) is 0 Å². The molecule has 56 heavy (non-hydrogen) atoms. The van der Waals surface area contributed by atoms with Gasteiger partial charge < -0.3 is 8.83 Å². The second kappa shape index (κ2) is 14.3. The molecule has 2 aromatic heterocycles. The lowest BCUT2D eigenvalue weighted by molar-refractivity contribution is 0.669. The number of nitriles is 2. The van der Waals surface area contributed by atoms with Gasteiger partial charge in [0.1, 0.15) is 28.4 Å². The van der Waals surface area contributed by atoms with Crippen LogP contribution in [0.15, 0.2) is 179 Å². The van der Waals surface area contributed by atoms with Gasteiger partial charge in [-0.3, -0.25) is 0 Å². The van der Waals surface area contributed by atoms with Gasteiger partial charge >= 0.3 is 0 Å². The molecule has 0 atom stereocenters. The van der Waals surface area contributed by atoms with E-state index in [2.05, 4.69) is 103 Å². The zero-order chi connectivity index (χ0) is 38.2. The summed E-state index contributed by atoms with van der Waals surface area (Å²) in [6.45, 7) is 4.00. The number of nitrogens with zero attached hydrogens (tertiary/aromatic N) is 2. The van der Waals surface area contributed by atoms with Crippen LogP contribution in [-0.2, 0) is 0 Å². The summed E-state index contributed by atoms with van der Waals surface area (Å²) in [4.78, 5) is 0. The molecule has 0 unspecified atom stereocenters. The summed E-state index contributed by atoms with van der Waals surface area (Å²) in [5.41, 5.74) is 13.7. The molecule has 0 fully saturated rings. The van der Waals surface area contributed by atoms with Crippen molar-refractivity contribution in [2.45, 2.75) is 13.8 Å². The zero-order valence-corrected chi connectivity index (χ0v) is 30.9. The first-order valence-corrected chi connectivity index (χ1v) is 18.8. The van der Waals surface area contributed by atoms with Crippen LogP contribution in [0, 0.1) is 22.7 Å². The lowest BCUT2D eigenvalue weighted by Crippen LogP contribution is -1.93. The fraction of sp³-hybridized carbons (Fsp3) is 0.0385. The Balaban J connectivity index is 0.00000202. The Morgan fingerprint density at radius 2 is 0.786 bits per heavy atom. The van der Waals surface area contributed by atoms with Gasteiger partial charge in [0, 0.05) is 43.8 Å². The van der Waals surface area contributed by atoms with Gasteiger partial charge in [-0.05, 0) is 69.8 Å². The van der Waals surface area contributed by atoms with E-state index in [0.717, 1.165) is 88.4 Å². The first kappa shape index (κ1) is 34.1. The average Bonchev–Trinajstić information content (AvgIpc) is 3.85. The van der Waals surface area contributed by atoms with E-state index in [1.165, 1.54) is 0 Å². The van der Waals surface area contributed by atoms with Gasteiger partial charge in [0.25, 0.3) is 0 Å². The highest BCUT2D eigenvalue weighted by molar-refractivity contribution is 6.10. The Hall–Kier alpha value is -7.66. The predicted molar refractivity (Wildman–Crippen MR) is 229 cm³/mol. The minimum absolute atomic E-state index is 0.486. The summed E-state index contributed by atoms with van der Waals surface area (Å²) in [5, 5.41) is 25.1. The molecule has 4 heteroatoms. The molecule has 2 heterocycles. The second-order valence-corrected chi connectivity index (χ2v) is 13.5. The molecule has 8 aromatic carbocycles. The van der Waals surface area contributed by atoms with E-state index in [0.29, 0.717) is 22.3 Å². The highest BCUT2D eigenvalue weighted by Crippen LogP contribution is 2.40. The van der Waals surface area contributed by atoms with Crippen LogP contribution in [0.3, 0.4) is 0 Å². The van der Waals surface area contributed by atoms with E-state index in [-0.39, 0.29) is 0 Å². The Morgan fingerprint density at radius 3 is 1.32 bits per heavy atom. The Kier molecular flexibility index (Phi) is 8.71. The molecule has 0 radical (unpaired) electrons. The van der Waals surface area contributed by atoms with E-state index in [4.69, 9.17) is 8.83 Å². The second-order valence-electron chi connectivity index (χ2n) is 13.5. The van der Waals surface area contributed by atoms with Crippen LogP contribution in [0.4, 0.5) is 0 Å². The summed E-state index contributed by atoms with van der Waals surface area (Å²) < 4.78 is 12.7. The van der Waals surface area contributed by atoms with E-state index < -0.39 is 0 Å². The molecule has 0 amide bonds. The number of benzene rings is 8. The largest absolute Gasteiger partial charge is 0.455 e. The standard InChI is InChI=1S/C50H28N2O2.C2H6/c51-29-31-25-44(46(30-52)45(26-31)37-12-6-11-36(28-37)39-16-8-18-43-41-14-2-4-20-48(41)54-50(39)43)33-23-21-32(22-24-33)34-9-5-10-35(27-34)38-15-7-17-42-40-13-1-3-19-47(40)53-49(38)42;1-2/h1-28H;1-2H3. The molecule has 10 rings (SSSR count). The molecule has 0 aliphatic carbocycles. The van der Waals surface area contributed by atoms with E-state index in [9.17, 15) is 10.5 Å². The Bertz CT molecular complexity index is 3190. The molecule has 0 saturated heterocycles. The van der Waals surface area contributed by atoms with Crippen molar-refractivity contribution in [2.75, 3.05) is 0 Å². The fourth-order valence-corrected chi connectivity index (χ4v) is 7.79. The molecular formula is C52H34N2O2. The van der Waals surface area contributed by atoms with E-state index in [1.807, 2.05) is 92.7 Å². The van der Waals surface area contributed by atoms with Gasteiger partial charge in [0.15, 0.2) is 0 Å². The maximum atomic E-state index is 10.6. The maximum Gasteiger partial charge on any atom is 0.143 e. The molecule has 0 saturated carbocycles. The third-order valence-electron chi connectivity index (χ3n) is 10.4. The molecular weight excluding hydrogens is 685 g/mol. The van der Waals surface area contributed by atoms with Crippen LogP contribution in [0.25, 0.3) is 99.5 Å². The van der Waals surface area contributed by atoms with Crippen LogP contribution in [-0.4, -0.2) is 0 Å². The first-order valence-electron chi connectivity index (χ1n) is 18.8. The highest BCUT2D eigenvalue weighted by atomic mass is 16.3. The number of furan rings is 2. The van der Waals surface area contributed by atoms with Gasteiger partial charge in [0.2, 0.25) is 0 Å². The topological polar surface area (TPSA) is 73.9 Å².